The van der Waals surface area contributed by atoms with Gasteiger partial charge >= 0.3 is 18.0 Å². The minimum absolute atomic E-state index is 0.105. The van der Waals surface area contributed by atoms with Crippen LogP contribution in [0.4, 0.5) is 4.79 Å². The van der Waals surface area contributed by atoms with E-state index in [2.05, 4.69) is 4.90 Å². The second kappa shape index (κ2) is 12.3. The third-order valence-corrected chi connectivity index (χ3v) is 8.01. The molecule has 2 saturated heterocycles. The number of aromatic carboxylic acids is 2. The fourth-order valence-electron chi connectivity index (χ4n) is 5.92. The van der Waals surface area contributed by atoms with E-state index in [4.69, 9.17) is 14.2 Å². The van der Waals surface area contributed by atoms with Gasteiger partial charge in [-0.2, -0.15) is 0 Å². The fourth-order valence-corrected chi connectivity index (χ4v) is 5.92. The predicted molar refractivity (Wildman–Crippen MR) is 148 cm³/mol. The van der Waals surface area contributed by atoms with Gasteiger partial charge in [-0.05, 0) is 110 Å². The molecule has 1 aliphatic carbocycles. The van der Waals surface area contributed by atoms with Crippen molar-refractivity contribution in [3.8, 4) is 5.75 Å². The summed E-state index contributed by atoms with van der Waals surface area (Å²) in [4.78, 5) is 40.1. The first kappa shape index (κ1) is 30.1. The van der Waals surface area contributed by atoms with Crippen LogP contribution in [0.1, 0.15) is 105 Å². The molecule has 10 heteroatoms. The van der Waals surface area contributed by atoms with Crippen molar-refractivity contribution in [3.05, 3.63) is 28.8 Å². The topological polar surface area (TPSA) is 126 Å². The molecule has 222 valence electrons. The third kappa shape index (κ3) is 7.46. The molecule has 0 radical (unpaired) electrons. The second-order valence-electron chi connectivity index (χ2n) is 12.6. The Kier molecular flexibility index (Phi) is 9.29. The zero-order chi connectivity index (χ0) is 29.2. The van der Waals surface area contributed by atoms with E-state index in [-0.39, 0.29) is 41.4 Å². The van der Waals surface area contributed by atoms with Gasteiger partial charge in [-0.25, -0.2) is 14.4 Å². The van der Waals surface area contributed by atoms with Gasteiger partial charge in [0.1, 0.15) is 11.4 Å². The van der Waals surface area contributed by atoms with Crippen molar-refractivity contribution in [2.75, 3.05) is 26.2 Å². The van der Waals surface area contributed by atoms with Crippen molar-refractivity contribution < 1.29 is 38.8 Å². The smallest absolute Gasteiger partial charge is 0.410 e. The molecule has 0 aromatic heterocycles. The monoisotopic (exact) mass is 560 g/mol. The summed E-state index contributed by atoms with van der Waals surface area (Å²) in [6, 6.07) is 3.35. The maximum absolute atomic E-state index is 12.3. The molecule has 0 bridgehead atoms. The van der Waals surface area contributed by atoms with Gasteiger partial charge in [0.15, 0.2) is 0 Å². The Morgan fingerprint density at radius 2 is 1.45 bits per heavy atom. The predicted octanol–water partition coefficient (Wildman–Crippen LogP) is 5.00. The van der Waals surface area contributed by atoms with E-state index >= 15 is 0 Å². The minimum atomic E-state index is -1.28. The Balaban J connectivity index is 1.26. The molecule has 2 aliphatic heterocycles. The van der Waals surface area contributed by atoms with Crippen LogP contribution in [-0.4, -0.2) is 94.2 Å². The molecule has 1 saturated carbocycles. The first-order valence-corrected chi connectivity index (χ1v) is 14.5. The highest BCUT2D eigenvalue weighted by Crippen LogP contribution is 2.40. The first-order chi connectivity index (χ1) is 18.8. The highest BCUT2D eigenvalue weighted by Gasteiger charge is 2.39. The van der Waals surface area contributed by atoms with Crippen molar-refractivity contribution in [3.63, 3.8) is 0 Å². The third-order valence-electron chi connectivity index (χ3n) is 8.01. The summed E-state index contributed by atoms with van der Waals surface area (Å²) in [6.07, 6.45) is 5.35. The normalized spacial score (nSPS) is 23.1. The summed E-state index contributed by atoms with van der Waals surface area (Å²) in [5, 5.41) is 19.2. The summed E-state index contributed by atoms with van der Waals surface area (Å²) in [5.41, 5.74) is -0.156. The lowest BCUT2D eigenvalue weighted by Crippen LogP contribution is -2.52. The Morgan fingerprint density at radius 3 is 1.98 bits per heavy atom. The van der Waals surface area contributed by atoms with Gasteiger partial charge in [0.2, 0.25) is 0 Å². The van der Waals surface area contributed by atoms with Gasteiger partial charge in [-0.1, -0.05) is 0 Å². The molecule has 3 aliphatic rings. The van der Waals surface area contributed by atoms with Crippen LogP contribution in [0, 0.1) is 0 Å². The van der Waals surface area contributed by atoms with Gasteiger partial charge in [-0.3, -0.25) is 0 Å². The molecule has 2 N–H and O–H groups in total. The molecule has 0 spiro atoms. The summed E-state index contributed by atoms with van der Waals surface area (Å²) in [5.74, 6) is -1.95. The summed E-state index contributed by atoms with van der Waals surface area (Å²) < 4.78 is 17.8. The Bertz CT molecular complexity index is 1080. The number of carbonyl (C=O) groups is 3. The van der Waals surface area contributed by atoms with Crippen LogP contribution < -0.4 is 4.74 Å². The number of nitrogens with zero attached hydrogens (tertiary/aromatic N) is 2. The highest BCUT2D eigenvalue weighted by molar-refractivity contribution is 6.02. The summed E-state index contributed by atoms with van der Waals surface area (Å²) in [6.45, 7) is 12.5. The van der Waals surface area contributed by atoms with Crippen LogP contribution in [0.15, 0.2) is 12.1 Å². The Morgan fingerprint density at radius 1 is 0.875 bits per heavy atom. The SMILES string of the molecule is CC(C)Oc1cc(C(=O)O)c(C(=O)O)cc1C1CCN(C2CC(OC3CCN(C(=O)OC(C)(C)C)CC3)C2)CC1. The van der Waals surface area contributed by atoms with Gasteiger partial charge in [0, 0.05) is 19.1 Å². The van der Waals surface area contributed by atoms with Crippen LogP contribution in [-0.2, 0) is 9.47 Å². The van der Waals surface area contributed by atoms with Crippen molar-refractivity contribution >= 4 is 18.0 Å². The van der Waals surface area contributed by atoms with E-state index in [0.717, 1.165) is 57.2 Å². The maximum atomic E-state index is 12.3. The van der Waals surface area contributed by atoms with E-state index in [1.54, 1.807) is 4.90 Å². The fraction of sp³-hybridized carbons (Fsp3) is 0.700. The number of carboxylic acid groups (broad SMARTS) is 2. The molecule has 3 fully saturated rings. The molecule has 0 atom stereocenters. The van der Waals surface area contributed by atoms with E-state index in [1.165, 1.54) is 12.1 Å². The number of carboxylic acids is 2. The van der Waals surface area contributed by atoms with Crippen LogP contribution >= 0.6 is 0 Å². The molecule has 1 amide bonds. The van der Waals surface area contributed by atoms with E-state index in [9.17, 15) is 24.6 Å². The first-order valence-electron chi connectivity index (χ1n) is 14.5. The number of benzene rings is 1. The zero-order valence-electron chi connectivity index (χ0n) is 24.4. The van der Waals surface area contributed by atoms with E-state index < -0.39 is 17.5 Å². The van der Waals surface area contributed by atoms with Gasteiger partial charge in [0.25, 0.3) is 0 Å². The van der Waals surface area contributed by atoms with Gasteiger partial charge < -0.3 is 34.2 Å². The number of amides is 1. The van der Waals surface area contributed by atoms with Crippen LogP contribution in [0.25, 0.3) is 0 Å². The molecule has 1 aromatic carbocycles. The number of likely N-dealkylation sites (tertiary alicyclic amines) is 2. The molecular weight excluding hydrogens is 516 g/mol. The quantitative estimate of drug-likeness (QED) is 0.452. The minimum Gasteiger partial charge on any atom is -0.491 e. The highest BCUT2D eigenvalue weighted by atomic mass is 16.6. The summed E-state index contributed by atoms with van der Waals surface area (Å²) in [7, 11) is 0. The van der Waals surface area contributed by atoms with E-state index in [1.807, 2.05) is 34.6 Å². The molecule has 40 heavy (non-hydrogen) atoms. The molecular formula is C30H44N2O8. The Hall–Kier alpha value is -2.85. The van der Waals surface area contributed by atoms with Crippen molar-refractivity contribution in [2.45, 2.75) is 109 Å². The van der Waals surface area contributed by atoms with Crippen LogP contribution in [0.2, 0.25) is 0 Å². The largest absolute Gasteiger partial charge is 0.491 e. The van der Waals surface area contributed by atoms with Crippen molar-refractivity contribution in [2.24, 2.45) is 0 Å². The summed E-state index contributed by atoms with van der Waals surface area (Å²) >= 11 is 0. The molecule has 2 heterocycles. The Labute approximate surface area is 236 Å². The maximum Gasteiger partial charge on any atom is 0.410 e. The van der Waals surface area contributed by atoms with E-state index in [0.29, 0.717) is 24.9 Å². The average molecular weight is 561 g/mol. The van der Waals surface area contributed by atoms with Gasteiger partial charge in [0.05, 0.1) is 29.4 Å². The van der Waals surface area contributed by atoms with Crippen molar-refractivity contribution in [1.29, 1.82) is 0 Å². The number of hydrogen-bond donors (Lipinski definition) is 2. The number of carbonyl (C=O) groups excluding carboxylic acids is 1. The lowest BCUT2D eigenvalue weighted by Gasteiger charge is -2.47. The number of hydrogen-bond acceptors (Lipinski definition) is 7. The standard InChI is InChI=1S/C30H44N2O8/c1-18(2)38-26-17-25(28(35)36)24(27(33)34)16-23(26)19-6-10-31(11-7-19)20-14-22(15-20)39-21-8-12-32(13-9-21)29(37)40-30(3,4)5/h16-22H,6-15H2,1-5H3,(H,33,34)(H,35,36). The molecule has 1 aromatic rings. The number of ether oxygens (including phenoxy) is 3. The van der Waals surface area contributed by atoms with Crippen molar-refractivity contribution in [1.82, 2.24) is 9.80 Å². The number of piperidine rings is 2. The lowest BCUT2D eigenvalue weighted by molar-refractivity contribution is -0.105. The molecule has 10 nitrogen and oxygen atoms in total. The lowest BCUT2D eigenvalue weighted by atomic mass is 9.82. The van der Waals surface area contributed by atoms with Crippen LogP contribution in [0.5, 0.6) is 5.75 Å². The van der Waals surface area contributed by atoms with Crippen LogP contribution in [0.3, 0.4) is 0 Å². The van der Waals surface area contributed by atoms with Gasteiger partial charge in [-0.15, -0.1) is 0 Å². The molecule has 4 rings (SSSR count). The molecule has 0 unspecified atom stereocenters. The zero-order valence-corrected chi connectivity index (χ0v) is 24.4. The number of rotatable bonds is 8. The average Bonchev–Trinajstić information content (AvgIpc) is 2.84. The second-order valence-corrected chi connectivity index (χ2v) is 12.6.